The minimum absolute atomic E-state index is 0.145. The lowest BCUT2D eigenvalue weighted by molar-refractivity contribution is -0.113. The normalized spacial score (nSPS) is 10.5. The summed E-state index contributed by atoms with van der Waals surface area (Å²) in [6.07, 6.45) is 0. The van der Waals surface area contributed by atoms with Crippen molar-refractivity contribution in [3.63, 3.8) is 0 Å². The molecule has 0 saturated heterocycles. The molecule has 0 bridgehead atoms. The Morgan fingerprint density at radius 3 is 2.79 bits per heavy atom. The van der Waals surface area contributed by atoms with Gasteiger partial charge in [0.05, 0.1) is 18.6 Å². The van der Waals surface area contributed by atoms with Crippen LogP contribution >= 0.6 is 23.4 Å². The molecule has 2 N–H and O–H groups in total. The molecule has 0 atom stereocenters. The van der Waals surface area contributed by atoms with E-state index >= 15 is 0 Å². The average Bonchev–Trinajstić information content (AvgIpc) is 3.14. The molecule has 1 amide bonds. The lowest BCUT2D eigenvalue weighted by atomic mass is 10.2. The summed E-state index contributed by atoms with van der Waals surface area (Å²) >= 11 is 7.18. The molecule has 146 valence electrons. The number of carbonyl (C=O) groups excluding carboxylic acids is 1. The first kappa shape index (κ1) is 20.0. The first-order valence-electron chi connectivity index (χ1n) is 8.40. The minimum Gasteiger partial charge on any atom is -0.495 e. The van der Waals surface area contributed by atoms with Gasteiger partial charge in [0.25, 0.3) is 0 Å². The second-order valence-corrected chi connectivity index (χ2v) is 7.23. The topological polar surface area (TPSA) is 89.1 Å². The second kappa shape index (κ2) is 9.48. The number of hydrogen-bond donors (Lipinski definition) is 2. The zero-order valence-corrected chi connectivity index (χ0v) is 16.9. The fourth-order valence-electron chi connectivity index (χ4n) is 2.29. The van der Waals surface area contributed by atoms with Crippen LogP contribution in [0.2, 0.25) is 5.02 Å². The van der Waals surface area contributed by atoms with Gasteiger partial charge in [-0.05, 0) is 37.3 Å². The van der Waals surface area contributed by atoms with Crippen molar-refractivity contribution in [3.05, 3.63) is 58.9 Å². The minimum atomic E-state index is -0.215. The maximum absolute atomic E-state index is 12.2. The average molecular weight is 419 g/mol. The summed E-state index contributed by atoms with van der Waals surface area (Å²) in [6.45, 7) is 2.28. The molecule has 1 aromatic heterocycles. The van der Waals surface area contributed by atoms with Crippen LogP contribution in [0.5, 0.6) is 11.5 Å². The first-order chi connectivity index (χ1) is 13.5. The van der Waals surface area contributed by atoms with Gasteiger partial charge in [0.15, 0.2) is 5.82 Å². The van der Waals surface area contributed by atoms with Crippen molar-refractivity contribution in [2.45, 2.75) is 18.7 Å². The predicted molar refractivity (Wildman–Crippen MR) is 109 cm³/mol. The van der Waals surface area contributed by atoms with Crippen molar-refractivity contribution in [2.75, 3.05) is 18.2 Å². The molecule has 7 nitrogen and oxygen atoms in total. The highest BCUT2D eigenvalue weighted by atomic mass is 35.5. The first-order valence-corrected chi connectivity index (χ1v) is 9.77. The molecule has 9 heteroatoms. The maximum atomic E-state index is 12.2. The highest BCUT2D eigenvalue weighted by Crippen LogP contribution is 2.28. The summed E-state index contributed by atoms with van der Waals surface area (Å²) in [6, 6.07) is 12.8. The van der Waals surface area contributed by atoms with Crippen molar-refractivity contribution in [2.24, 2.45) is 0 Å². The highest BCUT2D eigenvalue weighted by molar-refractivity contribution is 7.99. The van der Waals surface area contributed by atoms with E-state index in [0.29, 0.717) is 27.4 Å². The third-order valence-electron chi connectivity index (χ3n) is 3.68. The van der Waals surface area contributed by atoms with Crippen molar-refractivity contribution in [1.82, 2.24) is 15.2 Å². The van der Waals surface area contributed by atoms with Gasteiger partial charge in [0, 0.05) is 5.02 Å². The van der Waals surface area contributed by atoms with Gasteiger partial charge < -0.3 is 14.8 Å². The van der Waals surface area contributed by atoms with Gasteiger partial charge in [0.1, 0.15) is 18.1 Å². The van der Waals surface area contributed by atoms with E-state index in [4.69, 9.17) is 21.1 Å². The molecule has 0 aliphatic rings. The van der Waals surface area contributed by atoms with Crippen molar-refractivity contribution >= 4 is 35.0 Å². The summed E-state index contributed by atoms with van der Waals surface area (Å²) in [5.74, 6) is 1.81. The second-order valence-electron chi connectivity index (χ2n) is 5.85. The van der Waals surface area contributed by atoms with Crippen LogP contribution in [-0.4, -0.2) is 34.0 Å². The Balaban J connectivity index is 1.49. The SMILES string of the molecule is COc1ccc(Cl)cc1NC(=O)CSc1n[nH]c(COc2ccc(C)cc2)n1. The number of benzene rings is 2. The Bertz CT molecular complexity index is 947. The number of hydrogen-bond acceptors (Lipinski definition) is 6. The zero-order chi connectivity index (χ0) is 19.9. The molecule has 0 radical (unpaired) electrons. The molecule has 0 spiro atoms. The molecule has 0 aliphatic carbocycles. The van der Waals surface area contributed by atoms with Gasteiger partial charge in [-0.2, -0.15) is 0 Å². The fourth-order valence-corrected chi connectivity index (χ4v) is 3.08. The zero-order valence-electron chi connectivity index (χ0n) is 15.4. The summed E-state index contributed by atoms with van der Waals surface area (Å²) in [5.41, 5.74) is 1.68. The third kappa shape index (κ3) is 5.64. The molecule has 0 fully saturated rings. The maximum Gasteiger partial charge on any atom is 0.234 e. The van der Waals surface area contributed by atoms with E-state index in [-0.39, 0.29) is 18.3 Å². The van der Waals surface area contributed by atoms with Crippen LogP contribution in [0, 0.1) is 6.92 Å². The van der Waals surface area contributed by atoms with Gasteiger partial charge in [-0.3, -0.25) is 9.89 Å². The van der Waals surface area contributed by atoms with Crippen LogP contribution < -0.4 is 14.8 Å². The summed E-state index contributed by atoms with van der Waals surface area (Å²) < 4.78 is 10.9. The van der Waals surface area contributed by atoms with Gasteiger partial charge in [-0.15, -0.1) is 5.10 Å². The van der Waals surface area contributed by atoms with E-state index in [9.17, 15) is 4.79 Å². The Hall–Kier alpha value is -2.71. The van der Waals surface area contributed by atoms with Crippen LogP contribution in [0.1, 0.15) is 11.4 Å². The Morgan fingerprint density at radius 1 is 1.25 bits per heavy atom. The molecular formula is C19H19ClN4O3S. The van der Waals surface area contributed by atoms with Gasteiger partial charge in [-0.25, -0.2) is 4.98 Å². The third-order valence-corrected chi connectivity index (χ3v) is 4.76. The number of ether oxygens (including phenoxy) is 2. The molecule has 0 saturated carbocycles. The summed E-state index contributed by atoms with van der Waals surface area (Å²) in [7, 11) is 1.53. The van der Waals surface area contributed by atoms with E-state index in [0.717, 1.165) is 5.75 Å². The standard InChI is InChI=1S/C19H19ClN4O3S/c1-12-3-6-14(7-4-12)27-10-17-22-19(24-23-17)28-11-18(25)21-15-9-13(20)5-8-16(15)26-2/h3-9H,10-11H2,1-2H3,(H,21,25)(H,22,23,24). The molecule has 0 unspecified atom stereocenters. The monoisotopic (exact) mass is 418 g/mol. The number of rotatable bonds is 8. The number of nitrogens with one attached hydrogen (secondary N) is 2. The molecule has 2 aromatic carbocycles. The summed E-state index contributed by atoms with van der Waals surface area (Å²) in [4.78, 5) is 16.5. The van der Waals surface area contributed by atoms with Crippen LogP contribution in [0.25, 0.3) is 0 Å². The Kier molecular flexibility index (Phi) is 6.78. The van der Waals surface area contributed by atoms with Crippen LogP contribution in [0.3, 0.4) is 0 Å². The molecule has 3 aromatic rings. The predicted octanol–water partition coefficient (Wildman–Crippen LogP) is 4.08. The van der Waals surface area contributed by atoms with Crippen molar-refractivity contribution < 1.29 is 14.3 Å². The number of thioether (sulfide) groups is 1. The summed E-state index contributed by atoms with van der Waals surface area (Å²) in [5, 5.41) is 10.7. The van der Waals surface area contributed by atoms with Crippen LogP contribution in [-0.2, 0) is 11.4 Å². The molecular weight excluding hydrogens is 400 g/mol. The van der Waals surface area contributed by atoms with E-state index in [1.165, 1.54) is 24.4 Å². The number of methoxy groups -OCH3 is 1. The van der Waals surface area contributed by atoms with Gasteiger partial charge in [-0.1, -0.05) is 41.1 Å². The number of aromatic nitrogens is 3. The van der Waals surface area contributed by atoms with Crippen LogP contribution in [0.15, 0.2) is 47.6 Å². The van der Waals surface area contributed by atoms with E-state index in [1.807, 2.05) is 31.2 Å². The Morgan fingerprint density at radius 2 is 2.04 bits per heavy atom. The lowest BCUT2D eigenvalue weighted by Crippen LogP contribution is -2.14. The van der Waals surface area contributed by atoms with Gasteiger partial charge >= 0.3 is 0 Å². The number of halogens is 1. The largest absolute Gasteiger partial charge is 0.495 e. The van der Waals surface area contributed by atoms with E-state index in [1.54, 1.807) is 18.2 Å². The molecule has 0 aliphatic heterocycles. The molecule has 1 heterocycles. The number of nitrogens with zero attached hydrogens (tertiary/aromatic N) is 2. The van der Waals surface area contributed by atoms with Gasteiger partial charge in [0.2, 0.25) is 11.1 Å². The number of carbonyl (C=O) groups is 1. The number of anilines is 1. The number of amides is 1. The molecule has 28 heavy (non-hydrogen) atoms. The Labute approximate surface area is 171 Å². The smallest absolute Gasteiger partial charge is 0.234 e. The number of aryl methyl sites for hydroxylation is 1. The van der Waals surface area contributed by atoms with Crippen LogP contribution in [0.4, 0.5) is 5.69 Å². The molecule has 3 rings (SSSR count). The van der Waals surface area contributed by atoms with E-state index in [2.05, 4.69) is 20.5 Å². The van der Waals surface area contributed by atoms with E-state index < -0.39 is 0 Å². The highest BCUT2D eigenvalue weighted by Gasteiger charge is 2.11. The quantitative estimate of drug-likeness (QED) is 0.536. The fraction of sp³-hybridized carbons (Fsp3) is 0.211. The lowest BCUT2D eigenvalue weighted by Gasteiger charge is -2.09. The number of H-pyrrole nitrogens is 1. The number of aromatic amines is 1. The van der Waals surface area contributed by atoms with Crippen molar-refractivity contribution in [3.8, 4) is 11.5 Å². The van der Waals surface area contributed by atoms with Crippen molar-refractivity contribution in [1.29, 1.82) is 0 Å².